The van der Waals surface area contributed by atoms with Gasteiger partial charge < -0.3 is 9.47 Å². The normalized spacial score (nSPS) is 15.5. The molecule has 3 aromatic rings. The second kappa shape index (κ2) is 7.76. The Hall–Kier alpha value is -3.28. The van der Waals surface area contributed by atoms with E-state index in [1.54, 1.807) is 25.8 Å². The predicted octanol–water partition coefficient (Wildman–Crippen LogP) is 4.15. The van der Waals surface area contributed by atoms with Crippen LogP contribution in [-0.4, -0.2) is 23.4 Å². The number of rotatable bonds is 3. The first kappa shape index (κ1) is 21.0. The van der Waals surface area contributed by atoms with Crippen molar-refractivity contribution in [3.63, 3.8) is 0 Å². The number of hydrogen-bond acceptors (Lipinski definition) is 4. The molecule has 0 bridgehead atoms. The second-order valence-electron chi connectivity index (χ2n) is 8.38. The first-order chi connectivity index (χ1) is 14.7. The first-order valence-electron chi connectivity index (χ1n) is 10.5. The standard InChI is InChI=1S/C25H29N3O3/c1-14-8-15(2)24(16(3)9-14)26-23-13-20-19-12-22(31-7)21(30-6)11-18(19)10-17(4)28(20)25(29)27(23)5/h8-9,11-13,17H,10H2,1-7H3. The molecule has 31 heavy (non-hydrogen) atoms. The SMILES string of the molecule is COc1cc2c(cc1OC)-c1cc(=Nc3c(C)cc(C)cc3C)n(C)c(=O)n1C(C)C2. The van der Waals surface area contributed by atoms with Gasteiger partial charge in [0.2, 0.25) is 0 Å². The van der Waals surface area contributed by atoms with Crippen LogP contribution >= 0.6 is 0 Å². The molecule has 1 aliphatic heterocycles. The minimum Gasteiger partial charge on any atom is -0.493 e. The quantitative estimate of drug-likeness (QED) is 0.641. The van der Waals surface area contributed by atoms with Crippen LogP contribution in [0.5, 0.6) is 11.5 Å². The Morgan fingerprint density at radius 1 is 0.968 bits per heavy atom. The molecule has 1 atom stereocenters. The Labute approximate surface area is 182 Å². The third kappa shape index (κ3) is 3.46. The van der Waals surface area contributed by atoms with E-state index in [1.165, 1.54) is 5.56 Å². The molecule has 0 radical (unpaired) electrons. The van der Waals surface area contributed by atoms with Crippen molar-refractivity contribution in [1.29, 1.82) is 0 Å². The minimum atomic E-state index is -0.0772. The monoisotopic (exact) mass is 419 g/mol. The molecule has 1 unspecified atom stereocenters. The van der Waals surface area contributed by atoms with Crippen LogP contribution in [0.2, 0.25) is 0 Å². The van der Waals surface area contributed by atoms with Gasteiger partial charge in [-0.25, -0.2) is 9.79 Å². The average molecular weight is 420 g/mol. The van der Waals surface area contributed by atoms with Gasteiger partial charge in [0.05, 0.1) is 25.6 Å². The van der Waals surface area contributed by atoms with Crippen LogP contribution in [0.15, 0.2) is 40.1 Å². The third-order valence-electron chi connectivity index (χ3n) is 6.07. The highest BCUT2D eigenvalue weighted by Gasteiger charge is 2.26. The number of fused-ring (bicyclic) bond motifs is 3. The van der Waals surface area contributed by atoms with Crippen LogP contribution in [-0.2, 0) is 13.5 Å². The van der Waals surface area contributed by atoms with Gasteiger partial charge in [-0.15, -0.1) is 0 Å². The van der Waals surface area contributed by atoms with Crippen molar-refractivity contribution < 1.29 is 9.47 Å². The molecule has 0 saturated carbocycles. The Kier molecular flexibility index (Phi) is 5.25. The molecule has 6 heteroatoms. The third-order valence-corrected chi connectivity index (χ3v) is 6.07. The van der Waals surface area contributed by atoms with E-state index in [0.29, 0.717) is 17.0 Å². The summed E-state index contributed by atoms with van der Waals surface area (Å²) in [6.45, 7) is 8.25. The molecule has 0 spiro atoms. The summed E-state index contributed by atoms with van der Waals surface area (Å²) in [6.07, 6.45) is 0.745. The summed E-state index contributed by atoms with van der Waals surface area (Å²) >= 11 is 0. The zero-order valence-corrected chi connectivity index (χ0v) is 19.2. The molecule has 1 aliphatic rings. The van der Waals surface area contributed by atoms with Crippen LogP contribution in [0.3, 0.4) is 0 Å². The number of ether oxygens (including phenoxy) is 2. The number of benzene rings is 2. The summed E-state index contributed by atoms with van der Waals surface area (Å²) in [7, 11) is 5.04. The van der Waals surface area contributed by atoms with Gasteiger partial charge in [0.1, 0.15) is 5.49 Å². The lowest BCUT2D eigenvalue weighted by molar-refractivity contribution is 0.354. The van der Waals surface area contributed by atoms with Gasteiger partial charge >= 0.3 is 5.69 Å². The molecular formula is C25H29N3O3. The second-order valence-corrected chi connectivity index (χ2v) is 8.38. The zero-order chi connectivity index (χ0) is 22.4. The highest BCUT2D eigenvalue weighted by atomic mass is 16.5. The molecule has 6 nitrogen and oxygen atoms in total. The van der Waals surface area contributed by atoms with E-state index in [0.717, 1.165) is 40.1 Å². The molecule has 2 aromatic carbocycles. The fraction of sp³-hybridized carbons (Fsp3) is 0.360. The largest absolute Gasteiger partial charge is 0.493 e. The van der Waals surface area contributed by atoms with Gasteiger partial charge in [0.25, 0.3) is 0 Å². The maximum Gasteiger partial charge on any atom is 0.330 e. The van der Waals surface area contributed by atoms with Crippen LogP contribution in [0.25, 0.3) is 11.3 Å². The van der Waals surface area contributed by atoms with Crippen molar-refractivity contribution in [3.05, 3.63) is 68.6 Å². The van der Waals surface area contributed by atoms with Crippen molar-refractivity contribution in [2.75, 3.05) is 14.2 Å². The number of methoxy groups -OCH3 is 2. The Bertz CT molecular complexity index is 1290. The first-order valence-corrected chi connectivity index (χ1v) is 10.5. The summed E-state index contributed by atoms with van der Waals surface area (Å²) < 4.78 is 14.5. The van der Waals surface area contributed by atoms with Crippen molar-refractivity contribution in [2.24, 2.45) is 12.0 Å². The predicted molar refractivity (Wildman–Crippen MR) is 123 cm³/mol. The highest BCUT2D eigenvalue weighted by Crippen LogP contribution is 2.40. The number of nitrogens with zero attached hydrogens (tertiary/aromatic N) is 3. The number of aromatic nitrogens is 2. The molecule has 4 rings (SSSR count). The summed E-state index contributed by atoms with van der Waals surface area (Å²) in [5.74, 6) is 1.34. The Morgan fingerprint density at radius 3 is 2.19 bits per heavy atom. The van der Waals surface area contributed by atoms with Gasteiger partial charge in [0.15, 0.2) is 11.5 Å². The maximum absolute atomic E-state index is 13.4. The van der Waals surface area contributed by atoms with Gasteiger partial charge in [-0.2, -0.15) is 0 Å². The molecule has 162 valence electrons. The van der Waals surface area contributed by atoms with Crippen LogP contribution in [0.4, 0.5) is 5.69 Å². The van der Waals surface area contributed by atoms with Crippen molar-refractivity contribution in [1.82, 2.24) is 9.13 Å². The number of hydrogen-bond donors (Lipinski definition) is 0. The van der Waals surface area contributed by atoms with Gasteiger partial charge in [-0.1, -0.05) is 17.7 Å². The summed E-state index contributed by atoms with van der Waals surface area (Å²) in [6, 6.07) is 10.2. The summed E-state index contributed by atoms with van der Waals surface area (Å²) in [4.78, 5) is 18.3. The Morgan fingerprint density at radius 2 is 1.58 bits per heavy atom. The lowest BCUT2D eigenvalue weighted by atomic mass is 9.93. The summed E-state index contributed by atoms with van der Waals surface area (Å²) in [5.41, 5.74) is 7.79. The fourth-order valence-electron chi connectivity index (χ4n) is 4.59. The van der Waals surface area contributed by atoms with E-state index >= 15 is 0 Å². The van der Waals surface area contributed by atoms with E-state index in [9.17, 15) is 4.79 Å². The fourth-order valence-corrected chi connectivity index (χ4v) is 4.59. The lowest BCUT2D eigenvalue weighted by Crippen LogP contribution is -2.41. The summed E-state index contributed by atoms with van der Waals surface area (Å²) in [5, 5.41) is 0. The van der Waals surface area contributed by atoms with Crippen molar-refractivity contribution in [2.45, 2.75) is 40.2 Å². The van der Waals surface area contributed by atoms with Gasteiger partial charge in [-0.3, -0.25) is 9.13 Å². The average Bonchev–Trinajstić information content (AvgIpc) is 2.72. The molecular weight excluding hydrogens is 390 g/mol. The molecule has 1 aromatic heterocycles. The molecule has 0 aliphatic carbocycles. The van der Waals surface area contributed by atoms with Gasteiger partial charge in [-0.05, 0) is 62.9 Å². The van der Waals surface area contributed by atoms with Gasteiger partial charge in [0, 0.05) is 24.7 Å². The van der Waals surface area contributed by atoms with Crippen molar-refractivity contribution in [3.8, 4) is 22.8 Å². The van der Waals surface area contributed by atoms with Crippen LogP contribution in [0, 0.1) is 20.8 Å². The smallest absolute Gasteiger partial charge is 0.330 e. The zero-order valence-electron chi connectivity index (χ0n) is 19.2. The maximum atomic E-state index is 13.4. The molecule has 0 amide bonds. The van der Waals surface area contributed by atoms with E-state index in [2.05, 4.69) is 39.8 Å². The molecule has 2 heterocycles. The topological polar surface area (TPSA) is 57.8 Å². The van der Waals surface area contributed by atoms with E-state index in [-0.39, 0.29) is 11.7 Å². The van der Waals surface area contributed by atoms with E-state index in [1.807, 2.05) is 22.8 Å². The van der Waals surface area contributed by atoms with Crippen LogP contribution in [0.1, 0.15) is 35.2 Å². The molecule has 0 N–H and O–H groups in total. The Balaban J connectivity index is 2.03. The highest BCUT2D eigenvalue weighted by molar-refractivity contribution is 5.70. The number of aryl methyl sites for hydroxylation is 3. The molecule has 0 saturated heterocycles. The van der Waals surface area contributed by atoms with Crippen LogP contribution < -0.4 is 20.7 Å². The van der Waals surface area contributed by atoms with E-state index in [4.69, 9.17) is 14.5 Å². The molecule has 0 fully saturated rings. The lowest BCUT2D eigenvalue weighted by Gasteiger charge is -2.28. The minimum absolute atomic E-state index is 0.0243. The van der Waals surface area contributed by atoms with Crippen molar-refractivity contribution >= 4 is 5.69 Å². The van der Waals surface area contributed by atoms with E-state index < -0.39 is 0 Å².